The van der Waals surface area contributed by atoms with Crippen molar-refractivity contribution in [2.45, 2.75) is 330 Å². The van der Waals surface area contributed by atoms with Crippen LogP contribution in [0.4, 0.5) is 0 Å². The van der Waals surface area contributed by atoms with Crippen LogP contribution >= 0.6 is 0 Å². The fourth-order valence-corrected chi connectivity index (χ4v) is 8.87. The van der Waals surface area contributed by atoms with Crippen LogP contribution in [0.5, 0.6) is 0 Å². The van der Waals surface area contributed by atoms with Gasteiger partial charge in [0.1, 0.15) is 13.2 Å². The maximum absolute atomic E-state index is 12.8. The molecule has 0 unspecified atom stereocenters. The molecule has 0 saturated carbocycles. The van der Waals surface area contributed by atoms with Gasteiger partial charge in [0.15, 0.2) is 6.10 Å². The first-order valence-corrected chi connectivity index (χ1v) is 28.7. The number of hydrogen-bond acceptors (Lipinski definition) is 6. The third kappa shape index (κ3) is 51.4. The van der Waals surface area contributed by atoms with Crippen molar-refractivity contribution in [3.05, 3.63) is 0 Å². The lowest BCUT2D eigenvalue weighted by atomic mass is 10.0. The molecule has 380 valence electrons. The molecule has 0 fully saturated rings. The Morgan fingerprint density at radius 2 is 0.516 bits per heavy atom. The first kappa shape index (κ1) is 62.4. The number of carbonyl (C=O) groups is 3. The summed E-state index contributed by atoms with van der Waals surface area (Å²) in [6.07, 6.45) is 53.8. The molecule has 0 saturated heterocycles. The third-order valence-corrected chi connectivity index (χ3v) is 13.2. The van der Waals surface area contributed by atoms with Crippen molar-refractivity contribution in [1.29, 1.82) is 0 Å². The van der Waals surface area contributed by atoms with Gasteiger partial charge in [0.2, 0.25) is 0 Å². The summed E-state index contributed by atoms with van der Waals surface area (Å²) >= 11 is 0. The van der Waals surface area contributed by atoms with E-state index in [1.54, 1.807) is 0 Å². The number of carbonyl (C=O) groups excluding carboxylic acids is 3. The summed E-state index contributed by atoms with van der Waals surface area (Å²) in [5.74, 6) is 0.836. The molecular formula is C58H112O6. The molecule has 0 aliphatic carbocycles. The fourth-order valence-electron chi connectivity index (χ4n) is 8.87. The van der Waals surface area contributed by atoms with Crippen molar-refractivity contribution < 1.29 is 28.6 Å². The molecule has 0 heterocycles. The lowest BCUT2D eigenvalue weighted by Crippen LogP contribution is -2.30. The van der Waals surface area contributed by atoms with Gasteiger partial charge in [-0.15, -0.1) is 0 Å². The maximum Gasteiger partial charge on any atom is 0.306 e. The zero-order valence-electron chi connectivity index (χ0n) is 43.9. The molecule has 0 aromatic carbocycles. The highest BCUT2D eigenvalue weighted by atomic mass is 16.6. The van der Waals surface area contributed by atoms with E-state index in [9.17, 15) is 14.4 Å². The monoisotopic (exact) mass is 905 g/mol. The summed E-state index contributed by atoms with van der Waals surface area (Å²) in [7, 11) is 0. The Labute approximate surface area is 399 Å². The van der Waals surface area contributed by atoms with Gasteiger partial charge in [-0.1, -0.05) is 285 Å². The van der Waals surface area contributed by atoms with E-state index in [-0.39, 0.29) is 31.1 Å². The number of hydrogen-bond donors (Lipinski definition) is 0. The maximum atomic E-state index is 12.8. The zero-order valence-corrected chi connectivity index (χ0v) is 43.9. The molecule has 1 atom stereocenters. The average molecular weight is 906 g/mol. The van der Waals surface area contributed by atoms with Crippen LogP contribution in [0.1, 0.15) is 324 Å². The van der Waals surface area contributed by atoms with Gasteiger partial charge in [0, 0.05) is 19.3 Å². The predicted molar refractivity (Wildman–Crippen MR) is 275 cm³/mol. The minimum Gasteiger partial charge on any atom is -0.462 e. The molecule has 0 aromatic rings. The Morgan fingerprint density at radius 3 is 0.766 bits per heavy atom. The highest BCUT2D eigenvalue weighted by molar-refractivity contribution is 5.71. The first-order chi connectivity index (χ1) is 31.2. The quantitative estimate of drug-likeness (QED) is 0.0344. The van der Waals surface area contributed by atoms with Crippen LogP contribution in [0, 0.1) is 11.8 Å². The zero-order chi connectivity index (χ0) is 46.8. The van der Waals surface area contributed by atoms with E-state index in [0.717, 1.165) is 69.6 Å². The lowest BCUT2D eigenvalue weighted by Gasteiger charge is -2.18. The molecule has 0 aliphatic rings. The van der Waals surface area contributed by atoms with E-state index in [4.69, 9.17) is 14.2 Å². The Kier molecular flexibility index (Phi) is 49.6. The lowest BCUT2D eigenvalue weighted by molar-refractivity contribution is -0.167. The molecule has 0 N–H and O–H groups in total. The molecule has 64 heavy (non-hydrogen) atoms. The summed E-state index contributed by atoms with van der Waals surface area (Å²) in [6.45, 7) is 11.4. The molecule has 0 amide bonds. The number of unbranched alkanes of at least 4 members (excludes halogenated alkanes) is 37. The summed E-state index contributed by atoms with van der Waals surface area (Å²) in [4.78, 5) is 38.1. The van der Waals surface area contributed by atoms with E-state index in [2.05, 4.69) is 34.6 Å². The molecule has 0 spiro atoms. The molecule has 0 aromatic heterocycles. The third-order valence-electron chi connectivity index (χ3n) is 13.2. The standard InChI is InChI=1S/C58H112O6/c1-6-7-8-9-10-11-12-22-30-35-40-45-50-58(61)64-55(52-63-57(60)49-44-39-34-29-25-24-27-32-37-42-47-54(4)5)51-62-56(59)48-43-38-33-28-23-20-18-16-14-13-15-17-19-21-26-31-36-41-46-53(2)3/h53-55H,6-52H2,1-5H3/t55-/m0/s1. The molecule has 0 rings (SSSR count). The summed E-state index contributed by atoms with van der Waals surface area (Å²) < 4.78 is 16.9. The highest BCUT2D eigenvalue weighted by Gasteiger charge is 2.19. The van der Waals surface area contributed by atoms with Crippen LogP contribution in [0.3, 0.4) is 0 Å². The van der Waals surface area contributed by atoms with E-state index >= 15 is 0 Å². The van der Waals surface area contributed by atoms with Gasteiger partial charge in [-0.2, -0.15) is 0 Å². The molecule has 6 nitrogen and oxygen atoms in total. The van der Waals surface area contributed by atoms with Crippen molar-refractivity contribution in [2.75, 3.05) is 13.2 Å². The summed E-state index contributed by atoms with van der Waals surface area (Å²) in [5.41, 5.74) is 0. The van der Waals surface area contributed by atoms with Crippen molar-refractivity contribution in [1.82, 2.24) is 0 Å². The van der Waals surface area contributed by atoms with Gasteiger partial charge < -0.3 is 14.2 Å². The van der Waals surface area contributed by atoms with E-state index in [1.807, 2.05) is 0 Å². The minimum absolute atomic E-state index is 0.0628. The predicted octanol–water partition coefficient (Wildman–Crippen LogP) is 18.9. The van der Waals surface area contributed by atoms with Crippen molar-refractivity contribution in [2.24, 2.45) is 11.8 Å². The van der Waals surface area contributed by atoms with Crippen LogP contribution < -0.4 is 0 Å². The Hall–Kier alpha value is -1.59. The van der Waals surface area contributed by atoms with Gasteiger partial charge in [-0.25, -0.2) is 0 Å². The number of ether oxygens (including phenoxy) is 3. The van der Waals surface area contributed by atoms with Crippen LogP contribution in [0.2, 0.25) is 0 Å². The normalized spacial score (nSPS) is 12.0. The number of rotatable bonds is 52. The van der Waals surface area contributed by atoms with E-state index < -0.39 is 6.10 Å². The minimum atomic E-state index is -0.762. The van der Waals surface area contributed by atoms with Crippen LogP contribution in [-0.4, -0.2) is 37.2 Å². The van der Waals surface area contributed by atoms with Crippen molar-refractivity contribution in [3.63, 3.8) is 0 Å². The fraction of sp³-hybridized carbons (Fsp3) is 0.948. The Balaban J connectivity index is 4.22. The van der Waals surface area contributed by atoms with Gasteiger partial charge in [-0.05, 0) is 31.1 Å². The molecular weight excluding hydrogens is 793 g/mol. The van der Waals surface area contributed by atoms with Gasteiger partial charge in [0.25, 0.3) is 0 Å². The molecule has 6 heteroatoms. The van der Waals surface area contributed by atoms with Crippen molar-refractivity contribution in [3.8, 4) is 0 Å². The molecule has 0 bridgehead atoms. The highest BCUT2D eigenvalue weighted by Crippen LogP contribution is 2.18. The average Bonchev–Trinajstić information content (AvgIpc) is 3.27. The first-order valence-electron chi connectivity index (χ1n) is 28.7. The summed E-state index contributed by atoms with van der Waals surface area (Å²) in [6, 6.07) is 0. The van der Waals surface area contributed by atoms with Gasteiger partial charge in [-0.3, -0.25) is 14.4 Å². The second-order valence-corrected chi connectivity index (χ2v) is 20.9. The Bertz CT molecular complexity index is 978. The smallest absolute Gasteiger partial charge is 0.306 e. The molecule has 0 aliphatic heterocycles. The summed E-state index contributed by atoms with van der Waals surface area (Å²) in [5, 5.41) is 0. The second kappa shape index (κ2) is 50.8. The topological polar surface area (TPSA) is 78.9 Å². The van der Waals surface area contributed by atoms with E-state index in [1.165, 1.54) is 212 Å². The number of esters is 3. The van der Waals surface area contributed by atoms with Crippen LogP contribution in [0.25, 0.3) is 0 Å². The van der Waals surface area contributed by atoms with Crippen molar-refractivity contribution >= 4 is 17.9 Å². The van der Waals surface area contributed by atoms with Crippen LogP contribution in [-0.2, 0) is 28.6 Å². The van der Waals surface area contributed by atoms with Gasteiger partial charge >= 0.3 is 17.9 Å². The SMILES string of the molecule is CCCCCCCCCCCCCCC(=O)O[C@@H](COC(=O)CCCCCCCCCCCCCCCCCCCCC(C)C)COC(=O)CCCCCCCCCCCCC(C)C. The Morgan fingerprint density at radius 1 is 0.297 bits per heavy atom. The van der Waals surface area contributed by atoms with Gasteiger partial charge in [0.05, 0.1) is 0 Å². The largest absolute Gasteiger partial charge is 0.462 e. The van der Waals surface area contributed by atoms with E-state index in [0.29, 0.717) is 19.3 Å². The van der Waals surface area contributed by atoms with Crippen LogP contribution in [0.15, 0.2) is 0 Å². The second-order valence-electron chi connectivity index (χ2n) is 20.9. The molecule has 0 radical (unpaired) electrons.